The van der Waals surface area contributed by atoms with Crippen LogP contribution < -0.4 is 5.73 Å². The van der Waals surface area contributed by atoms with E-state index in [1.807, 2.05) is 20.8 Å². The van der Waals surface area contributed by atoms with Gasteiger partial charge in [-0.3, -0.25) is 0 Å². The average molecular weight is 198 g/mol. The molecule has 4 nitrogen and oxygen atoms in total. The van der Waals surface area contributed by atoms with Crippen molar-refractivity contribution in [1.82, 2.24) is 4.90 Å². The number of hydrogen-bond acceptors (Lipinski definition) is 3. The molecule has 3 atom stereocenters. The Bertz CT molecular complexity index is 259. The highest BCUT2D eigenvalue weighted by Gasteiger charge is 2.52. The average Bonchev–Trinajstić information content (AvgIpc) is 2.55. The third-order valence-electron chi connectivity index (χ3n) is 2.99. The maximum atomic E-state index is 11.7. The number of carbonyl (C=O) groups excluding carboxylic acids is 1. The van der Waals surface area contributed by atoms with Crippen molar-refractivity contribution in [2.75, 3.05) is 6.54 Å². The molecule has 1 aliphatic carbocycles. The summed E-state index contributed by atoms with van der Waals surface area (Å²) in [4.78, 5) is 13.5. The molecule has 2 saturated heterocycles. The fourth-order valence-electron chi connectivity index (χ4n) is 2.19. The summed E-state index contributed by atoms with van der Waals surface area (Å²) in [5.41, 5.74) is 5.46. The minimum Gasteiger partial charge on any atom is -0.444 e. The molecule has 1 amide bonds. The molecule has 2 aliphatic heterocycles. The van der Waals surface area contributed by atoms with Crippen LogP contribution in [0.5, 0.6) is 0 Å². The van der Waals surface area contributed by atoms with Crippen molar-refractivity contribution in [2.24, 2.45) is 11.7 Å². The Balaban J connectivity index is 1.94. The molecule has 0 aromatic heterocycles. The molecule has 2 N–H and O–H groups in total. The van der Waals surface area contributed by atoms with E-state index in [0.717, 1.165) is 13.0 Å². The lowest BCUT2D eigenvalue weighted by Gasteiger charge is -2.33. The van der Waals surface area contributed by atoms with Gasteiger partial charge in [0.1, 0.15) is 5.60 Å². The van der Waals surface area contributed by atoms with E-state index in [-0.39, 0.29) is 18.2 Å². The number of ether oxygens (including phenoxy) is 1. The van der Waals surface area contributed by atoms with Crippen LogP contribution in [0.4, 0.5) is 4.79 Å². The quantitative estimate of drug-likeness (QED) is 0.630. The highest BCUT2D eigenvalue weighted by Crippen LogP contribution is 2.40. The van der Waals surface area contributed by atoms with Gasteiger partial charge in [0.25, 0.3) is 0 Å². The minimum absolute atomic E-state index is 0.183. The van der Waals surface area contributed by atoms with Crippen LogP contribution in [0.1, 0.15) is 27.2 Å². The molecule has 0 spiro atoms. The van der Waals surface area contributed by atoms with E-state index >= 15 is 0 Å². The zero-order valence-electron chi connectivity index (χ0n) is 8.99. The maximum absolute atomic E-state index is 11.7. The normalized spacial score (nSPS) is 35.4. The molecule has 2 bridgehead atoms. The van der Waals surface area contributed by atoms with Gasteiger partial charge in [-0.2, -0.15) is 0 Å². The van der Waals surface area contributed by atoms with Crippen LogP contribution >= 0.6 is 0 Å². The summed E-state index contributed by atoms with van der Waals surface area (Å²) in [7, 11) is 0. The summed E-state index contributed by atoms with van der Waals surface area (Å²) in [6, 6.07) is 0.414. The van der Waals surface area contributed by atoms with Crippen LogP contribution in [0.15, 0.2) is 0 Å². The zero-order chi connectivity index (χ0) is 10.5. The lowest BCUT2D eigenvalue weighted by atomic mass is 9.81. The molecule has 3 aliphatic rings. The predicted molar refractivity (Wildman–Crippen MR) is 52.8 cm³/mol. The highest BCUT2D eigenvalue weighted by atomic mass is 16.6. The molecule has 4 heteroatoms. The number of nitrogens with two attached hydrogens (primary N) is 1. The van der Waals surface area contributed by atoms with Gasteiger partial charge >= 0.3 is 6.09 Å². The Morgan fingerprint density at radius 2 is 2.14 bits per heavy atom. The summed E-state index contributed by atoms with van der Waals surface area (Å²) in [5.74, 6) is 0.507. The zero-order valence-corrected chi connectivity index (χ0v) is 8.99. The lowest BCUT2D eigenvalue weighted by molar-refractivity contribution is 0.0234. The smallest absolute Gasteiger partial charge is 0.410 e. The van der Waals surface area contributed by atoms with Gasteiger partial charge in [0.2, 0.25) is 0 Å². The first-order chi connectivity index (χ1) is 6.38. The highest BCUT2D eigenvalue weighted by molar-refractivity contribution is 5.70. The van der Waals surface area contributed by atoms with Crippen molar-refractivity contribution in [2.45, 2.75) is 44.9 Å². The molecule has 14 heavy (non-hydrogen) atoms. The van der Waals surface area contributed by atoms with Gasteiger partial charge in [-0.1, -0.05) is 0 Å². The fraction of sp³-hybridized carbons (Fsp3) is 0.900. The second-order valence-electron chi connectivity index (χ2n) is 5.27. The third-order valence-corrected chi connectivity index (χ3v) is 2.99. The number of rotatable bonds is 0. The lowest BCUT2D eigenvalue weighted by Crippen LogP contribution is -2.51. The molecular formula is C10H18N2O2. The topological polar surface area (TPSA) is 55.6 Å². The van der Waals surface area contributed by atoms with Gasteiger partial charge < -0.3 is 15.4 Å². The largest absolute Gasteiger partial charge is 0.444 e. The van der Waals surface area contributed by atoms with Gasteiger partial charge in [-0.15, -0.1) is 0 Å². The molecule has 2 heterocycles. The molecule has 1 saturated carbocycles. The second-order valence-corrected chi connectivity index (χ2v) is 5.27. The number of amides is 1. The molecule has 80 valence electrons. The molecule has 0 aromatic rings. The van der Waals surface area contributed by atoms with E-state index in [1.54, 1.807) is 4.90 Å². The molecule has 3 fully saturated rings. The van der Waals surface area contributed by atoms with Crippen molar-refractivity contribution in [3.8, 4) is 0 Å². The Morgan fingerprint density at radius 1 is 1.50 bits per heavy atom. The first-order valence-electron chi connectivity index (χ1n) is 5.14. The maximum Gasteiger partial charge on any atom is 0.410 e. The van der Waals surface area contributed by atoms with Gasteiger partial charge in [0.05, 0.1) is 6.04 Å². The first-order valence-corrected chi connectivity index (χ1v) is 5.14. The number of carbonyl (C=O) groups is 1. The molecule has 0 unspecified atom stereocenters. The Labute approximate surface area is 84.4 Å². The van der Waals surface area contributed by atoms with Crippen molar-refractivity contribution in [3.63, 3.8) is 0 Å². The summed E-state index contributed by atoms with van der Waals surface area (Å²) in [5, 5.41) is 0. The fourth-order valence-corrected chi connectivity index (χ4v) is 2.19. The van der Waals surface area contributed by atoms with Gasteiger partial charge in [-0.05, 0) is 33.1 Å². The number of hydrogen-bond donors (Lipinski definition) is 1. The molecular weight excluding hydrogens is 180 g/mol. The van der Waals surface area contributed by atoms with Crippen LogP contribution in [-0.2, 0) is 4.74 Å². The minimum atomic E-state index is -0.409. The van der Waals surface area contributed by atoms with Crippen molar-refractivity contribution >= 4 is 6.09 Å². The second kappa shape index (κ2) is 2.86. The molecule has 0 aromatic carbocycles. The van der Waals surface area contributed by atoms with Crippen LogP contribution in [0.25, 0.3) is 0 Å². The number of fused-ring (bicyclic) bond motifs is 1. The summed E-state index contributed by atoms with van der Waals surface area (Å²) in [6.07, 6.45) is 0.846. The molecule has 3 rings (SSSR count). The van der Waals surface area contributed by atoms with Crippen LogP contribution in [0.3, 0.4) is 0 Å². The van der Waals surface area contributed by atoms with Gasteiger partial charge in [0.15, 0.2) is 0 Å². The standard InChI is InChI=1S/C10H18N2O2/c1-10(2,3)14-9(13)12-5-6-4-7(12)8(6)11/h6-8H,4-5,11H2,1-3H3/t6-,7-,8-/m0/s1. The first kappa shape index (κ1) is 9.77. The van der Waals surface area contributed by atoms with Crippen molar-refractivity contribution < 1.29 is 9.53 Å². The van der Waals surface area contributed by atoms with Gasteiger partial charge in [0, 0.05) is 12.6 Å². The van der Waals surface area contributed by atoms with Gasteiger partial charge in [-0.25, -0.2) is 4.79 Å². The summed E-state index contributed by atoms with van der Waals surface area (Å²) >= 11 is 0. The monoisotopic (exact) mass is 198 g/mol. The van der Waals surface area contributed by atoms with E-state index in [0.29, 0.717) is 5.92 Å². The van der Waals surface area contributed by atoms with E-state index in [4.69, 9.17) is 10.5 Å². The van der Waals surface area contributed by atoms with E-state index in [2.05, 4.69) is 0 Å². The predicted octanol–water partition coefficient (Wildman–Crippen LogP) is 0.953. The summed E-state index contributed by atoms with van der Waals surface area (Å²) in [6.45, 7) is 6.42. The SMILES string of the molecule is CC(C)(C)OC(=O)N1C[C@@H]2C[C@H]1[C@H]2N. The Kier molecular flexibility index (Phi) is 2.00. The van der Waals surface area contributed by atoms with E-state index < -0.39 is 5.60 Å². The third kappa shape index (κ3) is 1.47. The number of nitrogens with zero attached hydrogens (tertiary/aromatic N) is 1. The molecule has 0 radical (unpaired) electrons. The van der Waals surface area contributed by atoms with E-state index in [9.17, 15) is 4.79 Å². The summed E-state index contributed by atoms with van der Waals surface area (Å²) < 4.78 is 5.30. The Morgan fingerprint density at radius 3 is 2.50 bits per heavy atom. The van der Waals surface area contributed by atoms with E-state index in [1.165, 1.54) is 0 Å². The van der Waals surface area contributed by atoms with Crippen molar-refractivity contribution in [1.29, 1.82) is 0 Å². The van der Waals surface area contributed by atoms with Crippen LogP contribution in [0.2, 0.25) is 0 Å². The Hall–Kier alpha value is -0.770. The van der Waals surface area contributed by atoms with Crippen molar-refractivity contribution in [3.05, 3.63) is 0 Å². The van der Waals surface area contributed by atoms with Crippen LogP contribution in [0, 0.1) is 5.92 Å². The van der Waals surface area contributed by atoms with Crippen LogP contribution in [-0.4, -0.2) is 35.2 Å².